The molecule has 0 fully saturated rings. The fourth-order valence-electron chi connectivity index (χ4n) is 4.25. The third-order valence-electron chi connectivity index (χ3n) is 6.17. The van der Waals surface area contributed by atoms with Crippen molar-refractivity contribution in [2.75, 3.05) is 57.0 Å². The standard InChI is InChI=1S/C26H31N5O/c1-29(2)20-11-7-18(8-12-20)26(19-9-13-21(14-10-19)30(3)4)24-16-15-22(31(5)6)17-23(24)25(32)27-28-26/h7-17,28H,1-6H3,(H,27,32). The van der Waals surface area contributed by atoms with Crippen LogP contribution in [0.2, 0.25) is 0 Å². The van der Waals surface area contributed by atoms with Crippen LogP contribution in [0.5, 0.6) is 0 Å². The van der Waals surface area contributed by atoms with E-state index in [-0.39, 0.29) is 5.91 Å². The van der Waals surface area contributed by atoms with Gasteiger partial charge >= 0.3 is 0 Å². The van der Waals surface area contributed by atoms with Crippen molar-refractivity contribution in [2.45, 2.75) is 5.54 Å². The van der Waals surface area contributed by atoms with E-state index in [0.29, 0.717) is 5.56 Å². The lowest BCUT2D eigenvalue weighted by Crippen LogP contribution is -2.58. The fourth-order valence-corrected chi connectivity index (χ4v) is 4.25. The van der Waals surface area contributed by atoms with Crippen molar-refractivity contribution < 1.29 is 4.79 Å². The highest BCUT2D eigenvalue weighted by atomic mass is 16.2. The molecule has 32 heavy (non-hydrogen) atoms. The van der Waals surface area contributed by atoms with E-state index in [9.17, 15) is 4.79 Å². The van der Waals surface area contributed by atoms with Crippen molar-refractivity contribution >= 4 is 23.0 Å². The molecular weight excluding hydrogens is 398 g/mol. The van der Waals surface area contributed by atoms with Crippen molar-refractivity contribution in [3.8, 4) is 0 Å². The van der Waals surface area contributed by atoms with Gasteiger partial charge in [0.1, 0.15) is 5.54 Å². The number of fused-ring (bicyclic) bond motifs is 1. The van der Waals surface area contributed by atoms with Crippen molar-refractivity contribution in [2.24, 2.45) is 0 Å². The number of nitrogens with zero attached hydrogens (tertiary/aromatic N) is 3. The summed E-state index contributed by atoms with van der Waals surface area (Å²) < 4.78 is 0. The van der Waals surface area contributed by atoms with Crippen LogP contribution in [0.1, 0.15) is 27.0 Å². The average molecular weight is 430 g/mol. The van der Waals surface area contributed by atoms with Gasteiger partial charge in [0.05, 0.1) is 0 Å². The van der Waals surface area contributed by atoms with Gasteiger partial charge < -0.3 is 14.7 Å². The van der Waals surface area contributed by atoms with E-state index < -0.39 is 5.54 Å². The van der Waals surface area contributed by atoms with Gasteiger partial charge in [-0.2, -0.15) is 0 Å². The minimum atomic E-state index is -0.718. The molecule has 1 aliphatic heterocycles. The minimum Gasteiger partial charge on any atom is -0.378 e. The Hall–Kier alpha value is -3.51. The smallest absolute Gasteiger partial charge is 0.265 e. The number of hydrogen-bond acceptors (Lipinski definition) is 5. The molecule has 0 unspecified atom stereocenters. The van der Waals surface area contributed by atoms with Gasteiger partial charge in [0.15, 0.2) is 0 Å². The molecule has 0 radical (unpaired) electrons. The molecular formula is C26H31N5O. The van der Waals surface area contributed by atoms with Gasteiger partial charge in [-0.3, -0.25) is 10.2 Å². The van der Waals surface area contributed by atoms with Gasteiger partial charge in [-0.1, -0.05) is 30.3 Å². The summed E-state index contributed by atoms with van der Waals surface area (Å²) in [7, 11) is 12.1. The van der Waals surface area contributed by atoms with Gasteiger partial charge in [-0.05, 0) is 53.1 Å². The average Bonchev–Trinajstić information content (AvgIpc) is 2.79. The first-order valence-corrected chi connectivity index (χ1v) is 10.7. The zero-order valence-electron chi connectivity index (χ0n) is 19.6. The third kappa shape index (κ3) is 3.56. The van der Waals surface area contributed by atoms with Crippen molar-refractivity contribution in [1.29, 1.82) is 0 Å². The van der Waals surface area contributed by atoms with E-state index in [1.54, 1.807) is 0 Å². The Labute approximate surface area is 190 Å². The van der Waals surface area contributed by atoms with E-state index in [0.717, 1.165) is 33.8 Å². The van der Waals surface area contributed by atoms with Crippen LogP contribution >= 0.6 is 0 Å². The number of carbonyl (C=O) groups excluding carboxylic acids is 1. The summed E-state index contributed by atoms with van der Waals surface area (Å²) in [5.41, 5.74) is 12.5. The molecule has 0 saturated heterocycles. The lowest BCUT2D eigenvalue weighted by molar-refractivity contribution is 0.0897. The lowest BCUT2D eigenvalue weighted by Gasteiger charge is -2.41. The summed E-state index contributed by atoms with van der Waals surface area (Å²) in [4.78, 5) is 19.1. The summed E-state index contributed by atoms with van der Waals surface area (Å²) in [6.07, 6.45) is 0. The first-order valence-electron chi connectivity index (χ1n) is 10.7. The molecule has 3 aromatic rings. The van der Waals surface area contributed by atoms with Gasteiger partial charge in [0, 0.05) is 64.9 Å². The molecule has 6 nitrogen and oxygen atoms in total. The summed E-state index contributed by atoms with van der Waals surface area (Å²) in [5.74, 6) is -0.130. The number of hydrazine groups is 1. The van der Waals surface area contributed by atoms with Gasteiger partial charge in [0.25, 0.3) is 5.91 Å². The predicted molar refractivity (Wildman–Crippen MR) is 133 cm³/mol. The molecule has 1 heterocycles. The Kier molecular flexibility index (Phi) is 5.57. The highest BCUT2D eigenvalue weighted by molar-refractivity contribution is 5.98. The second kappa shape index (κ2) is 8.20. The van der Waals surface area contributed by atoms with Crippen LogP contribution in [0.25, 0.3) is 0 Å². The predicted octanol–water partition coefficient (Wildman–Crippen LogP) is 3.42. The molecule has 0 aromatic heterocycles. The Balaban J connectivity index is 1.97. The summed E-state index contributed by atoms with van der Waals surface area (Å²) >= 11 is 0. The number of anilines is 3. The van der Waals surface area contributed by atoms with Crippen LogP contribution in [0.3, 0.4) is 0 Å². The van der Waals surface area contributed by atoms with Crippen LogP contribution in [0.4, 0.5) is 17.1 Å². The van der Waals surface area contributed by atoms with E-state index in [1.807, 2.05) is 53.3 Å². The zero-order valence-corrected chi connectivity index (χ0v) is 19.6. The molecule has 2 N–H and O–H groups in total. The first-order chi connectivity index (χ1) is 15.2. The minimum absolute atomic E-state index is 0.130. The summed E-state index contributed by atoms with van der Waals surface area (Å²) in [6, 6.07) is 23.0. The third-order valence-corrected chi connectivity index (χ3v) is 6.17. The molecule has 0 atom stereocenters. The van der Waals surface area contributed by atoms with Crippen molar-refractivity contribution in [3.05, 3.63) is 89.0 Å². The topological polar surface area (TPSA) is 50.9 Å². The van der Waals surface area contributed by atoms with Crippen LogP contribution in [-0.2, 0) is 5.54 Å². The molecule has 1 amide bonds. The van der Waals surface area contributed by atoms with E-state index in [4.69, 9.17) is 0 Å². The monoisotopic (exact) mass is 429 g/mol. The van der Waals surface area contributed by atoms with Gasteiger partial charge in [-0.25, -0.2) is 5.43 Å². The van der Waals surface area contributed by atoms with E-state index in [2.05, 4.69) is 81.3 Å². The maximum atomic E-state index is 12.9. The van der Waals surface area contributed by atoms with Crippen LogP contribution < -0.4 is 25.6 Å². The molecule has 166 valence electrons. The highest BCUT2D eigenvalue weighted by Gasteiger charge is 2.42. The first kappa shape index (κ1) is 21.7. The Morgan fingerprint density at radius 1 is 0.625 bits per heavy atom. The van der Waals surface area contributed by atoms with Crippen LogP contribution in [0, 0.1) is 0 Å². The Morgan fingerprint density at radius 3 is 1.50 bits per heavy atom. The quantitative estimate of drug-likeness (QED) is 0.651. The second-order valence-electron chi connectivity index (χ2n) is 8.84. The number of rotatable bonds is 5. The van der Waals surface area contributed by atoms with Crippen LogP contribution in [0.15, 0.2) is 66.7 Å². The number of benzene rings is 3. The highest BCUT2D eigenvalue weighted by Crippen LogP contribution is 2.41. The van der Waals surface area contributed by atoms with Crippen molar-refractivity contribution in [3.63, 3.8) is 0 Å². The SMILES string of the molecule is CN(C)c1ccc(C2(c3ccc(N(C)C)cc3)NNC(=O)c3cc(N(C)C)ccc32)cc1. The summed E-state index contributed by atoms with van der Waals surface area (Å²) in [6.45, 7) is 0. The van der Waals surface area contributed by atoms with Crippen molar-refractivity contribution in [1.82, 2.24) is 10.9 Å². The zero-order chi connectivity index (χ0) is 23.0. The van der Waals surface area contributed by atoms with E-state index >= 15 is 0 Å². The van der Waals surface area contributed by atoms with Gasteiger partial charge in [-0.15, -0.1) is 0 Å². The molecule has 4 rings (SSSR count). The fraction of sp³-hybridized carbons (Fsp3) is 0.269. The molecule has 1 aliphatic rings. The number of carbonyl (C=O) groups is 1. The van der Waals surface area contributed by atoms with Crippen LogP contribution in [-0.4, -0.2) is 48.2 Å². The van der Waals surface area contributed by atoms with Gasteiger partial charge in [0.2, 0.25) is 0 Å². The molecule has 0 aliphatic carbocycles. The second-order valence-corrected chi connectivity index (χ2v) is 8.84. The lowest BCUT2D eigenvalue weighted by atomic mass is 9.74. The molecule has 6 heteroatoms. The largest absolute Gasteiger partial charge is 0.378 e. The Bertz CT molecular complexity index is 1070. The molecule has 3 aromatic carbocycles. The molecule has 0 saturated carbocycles. The molecule has 0 spiro atoms. The number of nitrogens with one attached hydrogen (secondary N) is 2. The summed E-state index contributed by atoms with van der Waals surface area (Å²) in [5, 5.41) is 0. The maximum absolute atomic E-state index is 12.9. The number of hydrogen-bond donors (Lipinski definition) is 2. The normalized spacial score (nSPS) is 14.4. The molecule has 0 bridgehead atoms. The Morgan fingerprint density at radius 2 is 1.06 bits per heavy atom. The number of amides is 1. The van der Waals surface area contributed by atoms with E-state index in [1.165, 1.54) is 0 Å². The maximum Gasteiger partial charge on any atom is 0.265 e.